The fourth-order valence-corrected chi connectivity index (χ4v) is 7.21. The van der Waals surface area contributed by atoms with Crippen LogP contribution in [0, 0.1) is 0 Å². The maximum Gasteiger partial charge on any atom is 0.353 e. The number of oxime groups is 1. The summed E-state index contributed by atoms with van der Waals surface area (Å²) in [6, 6.07) is 2.13. The number of nitrogen functional groups attached to an aromatic ring is 1. The first kappa shape index (κ1) is 29.6. The molecule has 2 fully saturated rings. The van der Waals surface area contributed by atoms with Crippen LogP contribution in [0.1, 0.15) is 31.4 Å². The lowest BCUT2D eigenvalue weighted by Crippen LogP contribution is -2.73. The molecule has 0 radical (unpaired) electrons. The number of thioether (sulfide) groups is 2. The molecule has 1 saturated carbocycles. The molecular formula is C26H28N7O6S3+. The van der Waals surface area contributed by atoms with Crippen LogP contribution in [0.15, 0.2) is 62.0 Å². The van der Waals surface area contributed by atoms with E-state index in [0.717, 1.165) is 41.9 Å². The third-order valence-electron chi connectivity index (χ3n) is 6.79. The number of thiazole rings is 1. The normalized spacial score (nSPS) is 20.9. The van der Waals surface area contributed by atoms with Crippen LogP contribution in [0.25, 0.3) is 0 Å². The second-order valence-electron chi connectivity index (χ2n) is 9.67. The summed E-state index contributed by atoms with van der Waals surface area (Å²) in [5, 5.41) is 20.3. The van der Waals surface area contributed by atoms with Gasteiger partial charge >= 0.3 is 5.97 Å². The van der Waals surface area contributed by atoms with Crippen molar-refractivity contribution in [2.45, 2.75) is 55.3 Å². The third-order valence-corrected chi connectivity index (χ3v) is 9.43. The summed E-state index contributed by atoms with van der Waals surface area (Å²) >= 11 is 3.79. The molecule has 3 amide bonds. The van der Waals surface area contributed by atoms with Gasteiger partial charge in [-0.05, 0) is 37.2 Å². The van der Waals surface area contributed by atoms with E-state index in [1.54, 1.807) is 46.0 Å². The lowest BCUT2D eigenvalue weighted by atomic mass is 9.94. The van der Waals surface area contributed by atoms with E-state index in [-0.39, 0.29) is 34.9 Å². The Labute approximate surface area is 253 Å². The van der Waals surface area contributed by atoms with Crippen LogP contribution in [0.3, 0.4) is 0 Å². The number of amides is 3. The number of hydrogen-bond acceptors (Lipinski definition) is 11. The minimum absolute atomic E-state index is 0.0701. The summed E-state index contributed by atoms with van der Waals surface area (Å²) < 4.78 is 1.65. The number of hydrogen-bond donors (Lipinski definition) is 4. The highest BCUT2D eigenvalue weighted by atomic mass is 32.2. The second kappa shape index (κ2) is 13.0. The van der Waals surface area contributed by atoms with E-state index in [1.807, 2.05) is 0 Å². The third kappa shape index (κ3) is 6.60. The number of fused-ring (bicyclic) bond motifs is 1. The summed E-state index contributed by atoms with van der Waals surface area (Å²) in [7, 11) is 0. The number of nitrogens with zero attached hydrogens (tertiary/aromatic N) is 4. The first-order chi connectivity index (χ1) is 20.2. The van der Waals surface area contributed by atoms with Crippen molar-refractivity contribution in [3.05, 3.63) is 57.7 Å². The zero-order valence-corrected chi connectivity index (χ0v) is 24.6. The van der Waals surface area contributed by atoms with Crippen LogP contribution in [0.4, 0.5) is 5.13 Å². The SMILES string of the molecule is NC(=O)C[n+]1ccc(S/C=C/C2=C(C(=O)O)N3C(=O)C(NC(=O)/C(=N/OC4CCCC4)c4csc(N)n4)C3CS2)cc1. The molecule has 0 bridgehead atoms. The molecule has 3 aliphatic rings. The van der Waals surface area contributed by atoms with Gasteiger partial charge in [-0.1, -0.05) is 16.9 Å². The van der Waals surface area contributed by atoms with Gasteiger partial charge in [0.05, 0.1) is 6.04 Å². The monoisotopic (exact) mass is 630 g/mol. The zero-order chi connectivity index (χ0) is 29.8. The van der Waals surface area contributed by atoms with Crippen LogP contribution in [0.2, 0.25) is 0 Å². The molecule has 2 aliphatic heterocycles. The molecule has 2 aromatic heterocycles. The van der Waals surface area contributed by atoms with Crippen molar-refractivity contribution in [1.82, 2.24) is 15.2 Å². The molecule has 2 aromatic rings. The predicted molar refractivity (Wildman–Crippen MR) is 157 cm³/mol. The molecular weight excluding hydrogens is 603 g/mol. The number of allylic oxidation sites excluding steroid dienone is 1. The largest absolute Gasteiger partial charge is 0.477 e. The van der Waals surface area contributed by atoms with Crippen molar-refractivity contribution in [2.75, 3.05) is 11.5 Å². The quantitative estimate of drug-likeness (QED) is 0.0921. The van der Waals surface area contributed by atoms with Crippen molar-refractivity contribution >= 4 is 69.4 Å². The van der Waals surface area contributed by atoms with Gasteiger partial charge in [0.2, 0.25) is 6.54 Å². The van der Waals surface area contributed by atoms with Gasteiger partial charge in [-0.2, -0.15) is 4.57 Å². The first-order valence-corrected chi connectivity index (χ1v) is 15.8. The van der Waals surface area contributed by atoms with E-state index in [2.05, 4.69) is 15.5 Å². The van der Waals surface area contributed by atoms with Crippen molar-refractivity contribution < 1.29 is 33.7 Å². The number of nitrogens with two attached hydrogens (primary N) is 2. The number of rotatable bonds is 11. The second-order valence-corrected chi connectivity index (χ2v) is 12.6. The van der Waals surface area contributed by atoms with E-state index < -0.39 is 35.8 Å². The molecule has 42 heavy (non-hydrogen) atoms. The molecule has 220 valence electrons. The van der Waals surface area contributed by atoms with Gasteiger partial charge in [0.25, 0.3) is 17.7 Å². The van der Waals surface area contributed by atoms with Crippen LogP contribution >= 0.6 is 34.9 Å². The van der Waals surface area contributed by atoms with Gasteiger partial charge < -0.3 is 26.7 Å². The summed E-state index contributed by atoms with van der Waals surface area (Å²) in [4.78, 5) is 62.0. The minimum atomic E-state index is -1.24. The number of aromatic nitrogens is 2. The first-order valence-electron chi connectivity index (χ1n) is 13.0. The highest BCUT2D eigenvalue weighted by Gasteiger charge is 2.54. The Morgan fingerprint density at radius 1 is 1.29 bits per heavy atom. The number of primary amides is 1. The molecule has 16 heteroatoms. The molecule has 0 aromatic carbocycles. The number of pyridine rings is 1. The topological polar surface area (TPSA) is 194 Å². The minimum Gasteiger partial charge on any atom is -0.477 e. The van der Waals surface area contributed by atoms with Gasteiger partial charge in [0.15, 0.2) is 23.2 Å². The summed E-state index contributed by atoms with van der Waals surface area (Å²) in [5.41, 5.74) is 11.0. The molecule has 4 heterocycles. The van der Waals surface area contributed by atoms with Crippen LogP contribution in [-0.2, 0) is 30.6 Å². The Morgan fingerprint density at radius 3 is 2.67 bits per heavy atom. The molecule has 6 N–H and O–H groups in total. The Balaban J connectivity index is 1.27. The van der Waals surface area contributed by atoms with Crippen molar-refractivity contribution in [2.24, 2.45) is 10.9 Å². The fourth-order valence-electron chi connectivity index (χ4n) is 4.76. The van der Waals surface area contributed by atoms with Crippen LogP contribution in [0.5, 0.6) is 0 Å². The van der Waals surface area contributed by atoms with E-state index >= 15 is 0 Å². The van der Waals surface area contributed by atoms with E-state index in [1.165, 1.54) is 28.4 Å². The smallest absolute Gasteiger partial charge is 0.353 e. The summed E-state index contributed by atoms with van der Waals surface area (Å²) in [6.07, 6.45) is 8.73. The van der Waals surface area contributed by atoms with Crippen molar-refractivity contribution in [3.8, 4) is 0 Å². The summed E-state index contributed by atoms with van der Waals surface area (Å²) in [5.74, 6) is -2.49. The van der Waals surface area contributed by atoms with Crippen LogP contribution < -0.4 is 21.4 Å². The standard InChI is InChI=1S/C26H27N7O6S3/c27-19(34)11-32-8-5-15(6-9-32)40-10-7-18-22(25(37)38)33-17(13-41-18)21(24(33)36)30-23(35)20(16-12-42-26(28)29-16)31-39-14-3-1-2-4-14/h5-10,12,14,17,21H,1-4,11,13H2,(H5-,27,28,29,30,34,35,37,38)/p+1/b10-7+,31-20+. The van der Waals surface area contributed by atoms with Gasteiger partial charge in [0, 0.05) is 33.1 Å². The van der Waals surface area contributed by atoms with Gasteiger partial charge in [-0.3, -0.25) is 19.3 Å². The average Bonchev–Trinajstić information content (AvgIpc) is 3.64. The van der Waals surface area contributed by atoms with E-state index in [4.69, 9.17) is 16.3 Å². The fraction of sp³-hybridized carbons (Fsp3) is 0.346. The van der Waals surface area contributed by atoms with Gasteiger partial charge in [-0.15, -0.1) is 23.1 Å². The molecule has 1 aliphatic carbocycles. The number of β-lactam (4-membered cyclic amide) rings is 1. The zero-order valence-electron chi connectivity index (χ0n) is 22.2. The Kier molecular flexibility index (Phi) is 9.13. The number of anilines is 1. The molecule has 1 saturated heterocycles. The number of carboxylic acids is 1. The highest BCUT2D eigenvalue weighted by molar-refractivity contribution is 8.04. The molecule has 2 atom stereocenters. The Bertz CT molecular complexity index is 1480. The lowest BCUT2D eigenvalue weighted by molar-refractivity contribution is -0.684. The van der Waals surface area contributed by atoms with Gasteiger partial charge in [-0.25, -0.2) is 9.78 Å². The number of nitrogens with one attached hydrogen (secondary N) is 1. The van der Waals surface area contributed by atoms with Crippen LogP contribution in [-0.4, -0.2) is 68.3 Å². The maximum absolute atomic E-state index is 13.3. The highest BCUT2D eigenvalue weighted by Crippen LogP contribution is 2.40. The molecule has 2 unspecified atom stereocenters. The molecule has 13 nitrogen and oxygen atoms in total. The molecule has 0 spiro atoms. The van der Waals surface area contributed by atoms with Gasteiger partial charge in [0.1, 0.15) is 23.5 Å². The number of carboxylic acid groups (broad SMARTS) is 1. The summed E-state index contributed by atoms with van der Waals surface area (Å²) in [6.45, 7) is 0.0701. The number of carbonyl (C=O) groups excluding carboxylic acids is 3. The Morgan fingerprint density at radius 2 is 2.02 bits per heavy atom. The van der Waals surface area contributed by atoms with Crippen molar-refractivity contribution in [1.29, 1.82) is 0 Å². The number of carbonyl (C=O) groups is 4. The van der Waals surface area contributed by atoms with E-state index in [9.17, 15) is 24.3 Å². The molecule has 5 rings (SSSR count). The maximum atomic E-state index is 13.3. The predicted octanol–water partition coefficient (Wildman–Crippen LogP) is 1.21. The average molecular weight is 631 g/mol. The van der Waals surface area contributed by atoms with Crippen molar-refractivity contribution in [3.63, 3.8) is 0 Å². The lowest BCUT2D eigenvalue weighted by Gasteiger charge is -2.49. The number of aliphatic carboxylic acids is 1. The van der Waals surface area contributed by atoms with E-state index in [0.29, 0.717) is 10.7 Å². The Hall–Kier alpha value is -3.89.